The summed E-state index contributed by atoms with van der Waals surface area (Å²) in [5, 5.41) is 6.77. The van der Waals surface area contributed by atoms with Gasteiger partial charge in [0.25, 0.3) is 0 Å². The van der Waals surface area contributed by atoms with E-state index in [-0.39, 0.29) is 24.0 Å². The summed E-state index contributed by atoms with van der Waals surface area (Å²) in [5.74, 6) is 1.74. The number of rotatable bonds is 3. The summed E-state index contributed by atoms with van der Waals surface area (Å²) in [6, 6.07) is 5.53. The van der Waals surface area contributed by atoms with Gasteiger partial charge in [-0.3, -0.25) is 0 Å². The van der Waals surface area contributed by atoms with Crippen molar-refractivity contribution in [2.75, 3.05) is 5.32 Å². The third-order valence-electron chi connectivity index (χ3n) is 2.51. The Labute approximate surface area is 128 Å². The molecule has 0 saturated carbocycles. The smallest absolute Gasteiger partial charge is 0.194 e. The van der Waals surface area contributed by atoms with Gasteiger partial charge in [-0.1, -0.05) is 11.2 Å². The van der Waals surface area contributed by atoms with Crippen LogP contribution in [0.15, 0.2) is 33.9 Å². The highest BCUT2D eigenvalue weighted by atomic mass is 127. The highest BCUT2D eigenvalue weighted by Gasteiger charge is 2.07. The molecule has 0 aliphatic heterocycles. The maximum Gasteiger partial charge on any atom is 0.194 e. The number of nitrogens with two attached hydrogens (primary N) is 1. The molecule has 0 fully saturated rings. The van der Waals surface area contributed by atoms with Gasteiger partial charge in [-0.15, -0.1) is 24.0 Å². The lowest BCUT2D eigenvalue weighted by Crippen LogP contribution is -2.23. The van der Waals surface area contributed by atoms with E-state index in [0.717, 1.165) is 17.0 Å². The number of guanidine groups is 1. The van der Waals surface area contributed by atoms with E-state index in [1.807, 2.05) is 32.0 Å². The minimum Gasteiger partial charge on any atom is -0.370 e. The Morgan fingerprint density at radius 2 is 2.21 bits per heavy atom. The predicted octanol–water partition coefficient (Wildman–Crippen LogP) is 2.23. The summed E-state index contributed by atoms with van der Waals surface area (Å²) in [6.45, 7) is 4.17. The predicted molar refractivity (Wildman–Crippen MR) is 84.6 cm³/mol. The van der Waals surface area contributed by atoms with Crippen LogP contribution in [-0.4, -0.2) is 16.1 Å². The molecule has 0 aliphatic rings. The quantitative estimate of drug-likeness (QED) is 0.489. The topological polar surface area (TPSA) is 89.3 Å². The maximum absolute atomic E-state index is 5.77. The van der Waals surface area contributed by atoms with E-state index in [1.54, 1.807) is 6.20 Å². The van der Waals surface area contributed by atoms with E-state index >= 15 is 0 Å². The molecule has 6 nitrogen and oxygen atoms in total. The number of anilines is 1. The zero-order chi connectivity index (χ0) is 13.0. The molecule has 102 valence electrons. The summed E-state index contributed by atoms with van der Waals surface area (Å²) in [6.07, 6.45) is 1.68. The molecule has 0 radical (unpaired) electrons. The number of halogens is 1. The molecule has 2 rings (SSSR count). The van der Waals surface area contributed by atoms with Crippen molar-refractivity contribution in [3.63, 3.8) is 0 Å². The average Bonchev–Trinajstić information content (AvgIpc) is 2.68. The van der Waals surface area contributed by atoms with Gasteiger partial charge in [0.15, 0.2) is 5.96 Å². The van der Waals surface area contributed by atoms with Gasteiger partial charge in [-0.2, -0.15) is 0 Å². The molecule has 0 spiro atoms. The van der Waals surface area contributed by atoms with Gasteiger partial charge in [0.1, 0.15) is 11.6 Å². The van der Waals surface area contributed by atoms with Crippen molar-refractivity contribution in [1.82, 2.24) is 10.1 Å². The first kappa shape index (κ1) is 15.4. The van der Waals surface area contributed by atoms with E-state index < -0.39 is 0 Å². The summed E-state index contributed by atoms with van der Waals surface area (Å²) >= 11 is 0. The van der Waals surface area contributed by atoms with Gasteiger partial charge in [-0.25, -0.2) is 9.98 Å². The first-order valence-electron chi connectivity index (χ1n) is 5.56. The van der Waals surface area contributed by atoms with Crippen LogP contribution in [0.5, 0.6) is 0 Å². The van der Waals surface area contributed by atoms with Crippen molar-refractivity contribution in [2.24, 2.45) is 10.7 Å². The highest BCUT2D eigenvalue weighted by Crippen LogP contribution is 2.13. The Balaban J connectivity index is 0.00000180. The number of hydrogen-bond acceptors (Lipinski definition) is 4. The zero-order valence-electron chi connectivity index (χ0n) is 10.8. The molecule has 2 heterocycles. The van der Waals surface area contributed by atoms with Gasteiger partial charge in [0.2, 0.25) is 0 Å². The first-order chi connectivity index (χ1) is 8.66. The SMILES string of the molecule is Cc1noc(C)c1CN=C(N)Nc1ccccn1.I. The third kappa shape index (κ3) is 4.19. The number of nitrogens with zero attached hydrogens (tertiary/aromatic N) is 3. The Morgan fingerprint density at radius 1 is 1.42 bits per heavy atom. The van der Waals surface area contributed by atoms with Crippen LogP contribution in [0.2, 0.25) is 0 Å². The van der Waals surface area contributed by atoms with E-state index in [2.05, 4.69) is 20.4 Å². The summed E-state index contributed by atoms with van der Waals surface area (Å²) < 4.78 is 5.05. The van der Waals surface area contributed by atoms with Crippen LogP contribution >= 0.6 is 24.0 Å². The van der Waals surface area contributed by atoms with E-state index in [1.165, 1.54) is 0 Å². The van der Waals surface area contributed by atoms with Crippen LogP contribution in [-0.2, 0) is 6.54 Å². The fourth-order valence-corrected chi connectivity index (χ4v) is 1.50. The second-order valence-corrected chi connectivity index (χ2v) is 3.84. The first-order valence-corrected chi connectivity index (χ1v) is 5.56. The molecule has 0 aliphatic carbocycles. The number of aromatic nitrogens is 2. The molecule has 7 heteroatoms. The minimum absolute atomic E-state index is 0. The monoisotopic (exact) mass is 373 g/mol. The third-order valence-corrected chi connectivity index (χ3v) is 2.51. The van der Waals surface area contributed by atoms with Crippen molar-refractivity contribution >= 4 is 35.8 Å². The molecule has 0 saturated heterocycles. The summed E-state index contributed by atoms with van der Waals surface area (Å²) in [5.41, 5.74) is 7.56. The number of aryl methyl sites for hydroxylation is 2. The van der Waals surface area contributed by atoms with Gasteiger partial charge in [0, 0.05) is 11.8 Å². The van der Waals surface area contributed by atoms with E-state index in [4.69, 9.17) is 10.3 Å². The van der Waals surface area contributed by atoms with Crippen LogP contribution in [0, 0.1) is 13.8 Å². The van der Waals surface area contributed by atoms with Crippen molar-refractivity contribution in [3.05, 3.63) is 41.4 Å². The summed E-state index contributed by atoms with van der Waals surface area (Å²) in [4.78, 5) is 8.32. The fourth-order valence-electron chi connectivity index (χ4n) is 1.50. The molecule has 3 N–H and O–H groups in total. The second-order valence-electron chi connectivity index (χ2n) is 3.84. The van der Waals surface area contributed by atoms with Crippen molar-refractivity contribution in [3.8, 4) is 0 Å². The molecule has 0 bridgehead atoms. The van der Waals surface area contributed by atoms with Gasteiger partial charge >= 0.3 is 0 Å². The van der Waals surface area contributed by atoms with Crippen LogP contribution < -0.4 is 11.1 Å². The van der Waals surface area contributed by atoms with Crippen LogP contribution in [0.25, 0.3) is 0 Å². The second kappa shape index (κ2) is 7.07. The Kier molecular flexibility index (Phi) is 5.74. The lowest BCUT2D eigenvalue weighted by atomic mass is 10.2. The lowest BCUT2D eigenvalue weighted by Gasteiger charge is -2.03. The molecule has 0 amide bonds. The normalized spacial score (nSPS) is 10.9. The van der Waals surface area contributed by atoms with Crippen molar-refractivity contribution in [2.45, 2.75) is 20.4 Å². The molecule has 2 aromatic rings. The molecule has 2 aromatic heterocycles. The van der Waals surface area contributed by atoms with Crippen LogP contribution in [0.4, 0.5) is 5.82 Å². The van der Waals surface area contributed by atoms with E-state index in [9.17, 15) is 0 Å². The number of hydrogen-bond donors (Lipinski definition) is 2. The van der Waals surface area contributed by atoms with Gasteiger partial charge in [0.05, 0.1) is 12.2 Å². The number of aliphatic imine (C=N–C) groups is 1. The largest absolute Gasteiger partial charge is 0.370 e. The van der Waals surface area contributed by atoms with Gasteiger partial charge in [-0.05, 0) is 26.0 Å². The van der Waals surface area contributed by atoms with Crippen molar-refractivity contribution in [1.29, 1.82) is 0 Å². The van der Waals surface area contributed by atoms with Crippen LogP contribution in [0.3, 0.4) is 0 Å². The fraction of sp³-hybridized carbons (Fsp3) is 0.250. The Morgan fingerprint density at radius 3 is 2.79 bits per heavy atom. The lowest BCUT2D eigenvalue weighted by molar-refractivity contribution is 0.392. The van der Waals surface area contributed by atoms with Crippen LogP contribution in [0.1, 0.15) is 17.0 Å². The average molecular weight is 373 g/mol. The number of nitrogens with one attached hydrogen (secondary N) is 1. The Hall–Kier alpha value is -1.64. The van der Waals surface area contributed by atoms with Gasteiger partial charge < -0.3 is 15.6 Å². The maximum atomic E-state index is 5.77. The zero-order valence-corrected chi connectivity index (χ0v) is 13.1. The highest BCUT2D eigenvalue weighted by molar-refractivity contribution is 14.0. The summed E-state index contributed by atoms with van der Waals surface area (Å²) in [7, 11) is 0. The molecule has 19 heavy (non-hydrogen) atoms. The molecular weight excluding hydrogens is 357 g/mol. The molecule has 0 unspecified atom stereocenters. The number of pyridine rings is 1. The van der Waals surface area contributed by atoms with E-state index in [0.29, 0.717) is 18.3 Å². The Bertz CT molecular complexity index is 533. The molecule has 0 aromatic carbocycles. The molecule has 0 atom stereocenters. The van der Waals surface area contributed by atoms with Crippen molar-refractivity contribution < 1.29 is 4.52 Å². The standard InChI is InChI=1S/C12H15N5O.HI/c1-8-10(9(2)18-17-8)7-15-12(13)16-11-5-3-4-6-14-11;/h3-6H,7H2,1-2H3,(H3,13,14,15,16);1H. The minimum atomic E-state index is 0. The molecular formula is C12H16IN5O.